The summed E-state index contributed by atoms with van der Waals surface area (Å²) in [5.41, 5.74) is 22.2. The van der Waals surface area contributed by atoms with Gasteiger partial charge in [0.1, 0.15) is 0 Å². The quantitative estimate of drug-likeness (QED) is 0.159. The van der Waals surface area contributed by atoms with Gasteiger partial charge in [-0.2, -0.15) is 0 Å². The fraction of sp³-hybridized carbons (Fsp3) is 0.0886. The highest BCUT2D eigenvalue weighted by Crippen LogP contribution is 2.68. The van der Waals surface area contributed by atoms with E-state index in [1.165, 1.54) is 34.4 Å². The van der Waals surface area contributed by atoms with E-state index in [1.54, 1.807) is 12.1 Å². The maximum Gasteiger partial charge on any atom is 0.171 e. The summed E-state index contributed by atoms with van der Waals surface area (Å²) in [6.45, 7) is 8.63. The second-order valence-electron chi connectivity index (χ2n) is 23.5. The Balaban J connectivity index is 1.03. The summed E-state index contributed by atoms with van der Waals surface area (Å²) in [7, 11) is 0. The first kappa shape index (κ1) is 50.1. The van der Waals surface area contributed by atoms with Crippen molar-refractivity contribution in [3.63, 3.8) is 0 Å². The molecule has 5 nitrogen and oxygen atoms in total. The summed E-state index contributed by atoms with van der Waals surface area (Å²) >= 11 is 0. The molecule has 0 fully saturated rings. The number of nitrogens with zero attached hydrogens (tertiary/aromatic N) is 3. The predicted octanol–water partition coefficient (Wildman–Crippen LogP) is 21.7. The first-order chi connectivity index (χ1) is 42.2. The van der Waals surface area contributed by atoms with Gasteiger partial charge >= 0.3 is 0 Å². The molecule has 4 aliphatic rings. The third kappa shape index (κ3) is 6.97. The highest BCUT2D eigenvalue weighted by atomic mass is 19.1. The minimum Gasteiger partial charge on any atom is -0.451 e. The highest BCUT2D eigenvalue weighted by molar-refractivity contribution is 6.16. The Kier molecular flexibility index (Phi) is 10.9. The number of aryl methyl sites for hydroxylation is 4. The van der Waals surface area contributed by atoms with Crippen molar-refractivity contribution in [1.82, 2.24) is 0 Å². The number of allylic oxidation sites excluding steroid dienone is 7. The van der Waals surface area contributed by atoms with Crippen molar-refractivity contribution in [2.45, 2.75) is 39.5 Å². The van der Waals surface area contributed by atoms with E-state index in [-0.39, 0.29) is 17.1 Å². The number of benzene rings is 11. The molecular formula is C79H55F2N3O2. The third-order valence-corrected chi connectivity index (χ3v) is 18.6. The van der Waals surface area contributed by atoms with Gasteiger partial charge in [0.05, 0.1) is 39.5 Å². The van der Waals surface area contributed by atoms with E-state index < -0.39 is 17.0 Å². The lowest BCUT2D eigenvalue weighted by molar-refractivity contribution is 0.584. The summed E-state index contributed by atoms with van der Waals surface area (Å²) in [6.07, 6.45) is 10.1. The van der Waals surface area contributed by atoms with Crippen LogP contribution in [0, 0.1) is 45.2 Å². The van der Waals surface area contributed by atoms with Crippen LogP contribution < -0.4 is 14.7 Å². The molecule has 13 aromatic rings. The lowest BCUT2D eigenvalue weighted by atomic mass is 9.62. The second kappa shape index (κ2) is 18.8. The van der Waals surface area contributed by atoms with Crippen LogP contribution in [0.5, 0.6) is 0 Å². The zero-order valence-electron chi connectivity index (χ0n) is 47.8. The topological polar surface area (TPSA) is 36.0 Å². The lowest BCUT2D eigenvalue weighted by Gasteiger charge is -2.47. The minimum atomic E-state index is -0.954. The second-order valence-corrected chi connectivity index (χ2v) is 23.5. The van der Waals surface area contributed by atoms with Crippen LogP contribution in [-0.4, -0.2) is 0 Å². The molecule has 17 rings (SSSR count). The molecule has 11 aromatic carbocycles. The standard InChI is InChI=1S/C79H55F2N3O2/c1-46-38-40-65(48(3)42-46)83(69-36-18-28-57-55-26-16-32-63(80)75(55)85-77(57)69)71-44-61-73(53-24-10-8-22-51(53)71)74-54-25-11-9-23-52(54)72(84(66-41-39-47(2)43-49(66)4)70-37-19-29-58-56-27-17-33-64(81)76(56)86-78(58)70)45-62(74)79(61)59-30-12-14-34-67(59)82(50-20-6-5-7-21-50)68-35-15-13-31-60(68)79/h5-24,26-45,54H,25H2,1-4H3. The zero-order chi connectivity index (χ0) is 57.7. The van der Waals surface area contributed by atoms with E-state index in [4.69, 9.17) is 8.83 Å². The van der Waals surface area contributed by atoms with Crippen LogP contribution in [0.4, 0.5) is 54.3 Å². The Bertz CT molecular complexity index is 5160. The van der Waals surface area contributed by atoms with Gasteiger partial charge in [-0.25, -0.2) is 8.78 Å². The van der Waals surface area contributed by atoms with Crippen LogP contribution in [0.2, 0.25) is 0 Å². The van der Waals surface area contributed by atoms with Gasteiger partial charge in [0, 0.05) is 49.9 Å². The first-order valence-corrected chi connectivity index (χ1v) is 29.6. The highest BCUT2D eigenvalue weighted by Gasteiger charge is 2.56. The molecule has 412 valence electrons. The largest absolute Gasteiger partial charge is 0.451 e. The van der Waals surface area contributed by atoms with Gasteiger partial charge in [-0.15, -0.1) is 0 Å². The van der Waals surface area contributed by atoms with E-state index in [1.807, 2.05) is 24.3 Å². The molecule has 3 heterocycles. The number of furan rings is 2. The molecule has 3 aliphatic carbocycles. The number of para-hydroxylation sites is 7. The molecule has 0 bridgehead atoms. The van der Waals surface area contributed by atoms with E-state index in [0.717, 1.165) is 129 Å². The van der Waals surface area contributed by atoms with E-state index in [2.05, 4.69) is 237 Å². The Morgan fingerprint density at radius 1 is 0.453 bits per heavy atom. The summed E-state index contributed by atoms with van der Waals surface area (Å²) in [5, 5.41) is 5.31. The van der Waals surface area contributed by atoms with Gasteiger partial charge in [-0.1, -0.05) is 181 Å². The number of hydrogen-bond donors (Lipinski definition) is 0. The van der Waals surface area contributed by atoms with Gasteiger partial charge in [0.25, 0.3) is 0 Å². The average molecular weight is 1120 g/mol. The summed E-state index contributed by atoms with van der Waals surface area (Å²) in [6, 6.07) is 76.3. The van der Waals surface area contributed by atoms with E-state index in [0.29, 0.717) is 11.2 Å². The van der Waals surface area contributed by atoms with Crippen LogP contribution in [0.15, 0.2) is 268 Å². The summed E-state index contributed by atoms with van der Waals surface area (Å²) in [5.74, 6) is -0.921. The molecule has 0 N–H and O–H groups in total. The van der Waals surface area contributed by atoms with Crippen LogP contribution in [0.3, 0.4) is 0 Å². The molecule has 1 aliphatic heterocycles. The van der Waals surface area contributed by atoms with Gasteiger partial charge in [0.15, 0.2) is 34.0 Å². The molecule has 86 heavy (non-hydrogen) atoms. The number of rotatable bonds is 7. The Morgan fingerprint density at radius 3 is 1.57 bits per heavy atom. The Labute approximate surface area is 496 Å². The fourth-order valence-electron chi connectivity index (χ4n) is 15.2. The monoisotopic (exact) mass is 1120 g/mol. The first-order valence-electron chi connectivity index (χ1n) is 29.6. The summed E-state index contributed by atoms with van der Waals surface area (Å²) < 4.78 is 45.6. The van der Waals surface area contributed by atoms with Crippen molar-refractivity contribution in [1.29, 1.82) is 0 Å². The van der Waals surface area contributed by atoms with Crippen LogP contribution >= 0.6 is 0 Å². The zero-order valence-corrected chi connectivity index (χ0v) is 47.8. The smallest absolute Gasteiger partial charge is 0.171 e. The van der Waals surface area contributed by atoms with Gasteiger partial charge < -0.3 is 23.5 Å². The van der Waals surface area contributed by atoms with Crippen molar-refractivity contribution in [3.8, 4) is 0 Å². The van der Waals surface area contributed by atoms with Gasteiger partial charge in [0.2, 0.25) is 0 Å². The molecule has 1 atom stereocenters. The molecule has 0 saturated heterocycles. The molecular weight excluding hydrogens is 1060 g/mol. The molecule has 1 unspecified atom stereocenters. The minimum absolute atomic E-state index is 0.121. The third-order valence-electron chi connectivity index (χ3n) is 18.6. The lowest BCUT2D eigenvalue weighted by Crippen LogP contribution is -2.38. The van der Waals surface area contributed by atoms with Crippen LogP contribution in [-0.2, 0) is 5.41 Å². The number of hydrogen-bond acceptors (Lipinski definition) is 5. The molecule has 0 radical (unpaired) electrons. The SMILES string of the molecule is Cc1ccc(N(C2=CC3=C(c4c(cc(N(c5ccc(C)cc5C)c5cccc6c5oc5c(F)cccc56)c5ccccc45)C34c3ccccc3N(c3ccccc3)c3ccccc34)C3CC=CC=C23)c2cccc3c2oc2c(F)cccc23)c(C)c1. The number of anilines is 8. The van der Waals surface area contributed by atoms with E-state index in [9.17, 15) is 0 Å². The Hall–Kier alpha value is -10.5. The van der Waals surface area contributed by atoms with Crippen molar-refractivity contribution >= 4 is 106 Å². The van der Waals surface area contributed by atoms with Crippen molar-refractivity contribution in [2.24, 2.45) is 5.92 Å². The van der Waals surface area contributed by atoms with Crippen LogP contribution in [0.25, 0.3) is 60.2 Å². The van der Waals surface area contributed by atoms with Crippen LogP contribution in [0.1, 0.15) is 50.9 Å². The predicted molar refractivity (Wildman–Crippen MR) is 348 cm³/mol. The fourth-order valence-corrected chi connectivity index (χ4v) is 15.2. The molecule has 0 amide bonds. The van der Waals surface area contributed by atoms with Crippen molar-refractivity contribution in [3.05, 3.63) is 316 Å². The average Bonchev–Trinajstić information content (AvgIpc) is 1.45. The van der Waals surface area contributed by atoms with Gasteiger partial charge in [-0.05, 0) is 162 Å². The maximum atomic E-state index is 16.0. The Morgan fingerprint density at radius 2 is 0.965 bits per heavy atom. The maximum absolute atomic E-state index is 16.0. The van der Waals surface area contributed by atoms with Gasteiger partial charge in [-0.3, -0.25) is 0 Å². The molecule has 0 saturated carbocycles. The number of halogens is 2. The summed E-state index contributed by atoms with van der Waals surface area (Å²) in [4.78, 5) is 7.20. The molecule has 2 aromatic heterocycles. The number of fused-ring (bicyclic) bond motifs is 18. The van der Waals surface area contributed by atoms with Crippen molar-refractivity contribution < 1.29 is 17.6 Å². The van der Waals surface area contributed by atoms with E-state index >= 15 is 8.78 Å². The molecule has 1 spiro atoms. The normalized spacial score (nSPS) is 15.5. The molecule has 7 heteroatoms. The van der Waals surface area contributed by atoms with Crippen molar-refractivity contribution in [2.75, 3.05) is 14.7 Å².